The summed E-state index contributed by atoms with van der Waals surface area (Å²) in [5.74, 6) is 1.62. The van der Waals surface area contributed by atoms with E-state index < -0.39 is 0 Å². The van der Waals surface area contributed by atoms with E-state index in [0.29, 0.717) is 24.8 Å². The van der Waals surface area contributed by atoms with E-state index in [9.17, 15) is 9.59 Å². The lowest BCUT2D eigenvalue weighted by atomic mass is 10.3. The van der Waals surface area contributed by atoms with Gasteiger partial charge in [0, 0.05) is 25.0 Å². The standard InChI is InChI=1S/C17H24N2O3S/c1-2-22-17(21)8-10-19(11-14-6-7-14)16(20)13-23-12-15-5-3-4-9-18-15/h3-5,9,14H,2,6-8,10-13H2,1H3. The van der Waals surface area contributed by atoms with Crippen LogP contribution in [0, 0.1) is 5.92 Å². The molecule has 6 heteroatoms. The predicted octanol–water partition coefficient (Wildman–Crippen LogP) is 2.51. The summed E-state index contributed by atoms with van der Waals surface area (Å²) in [5.41, 5.74) is 0.977. The van der Waals surface area contributed by atoms with Crippen LogP contribution in [0.1, 0.15) is 31.9 Å². The van der Waals surface area contributed by atoms with Gasteiger partial charge in [0.2, 0.25) is 5.91 Å². The van der Waals surface area contributed by atoms with Crippen LogP contribution in [-0.2, 0) is 20.1 Å². The molecule has 1 fully saturated rings. The van der Waals surface area contributed by atoms with E-state index in [0.717, 1.165) is 18.0 Å². The largest absolute Gasteiger partial charge is 0.466 e. The fourth-order valence-corrected chi connectivity index (χ4v) is 3.05. The van der Waals surface area contributed by atoms with Crippen molar-refractivity contribution in [3.8, 4) is 0 Å². The number of pyridine rings is 1. The third kappa shape index (κ3) is 7.03. The first kappa shape index (κ1) is 17.8. The van der Waals surface area contributed by atoms with Crippen molar-refractivity contribution in [3.05, 3.63) is 30.1 Å². The molecule has 1 amide bonds. The monoisotopic (exact) mass is 336 g/mol. The lowest BCUT2D eigenvalue weighted by molar-refractivity contribution is -0.144. The van der Waals surface area contributed by atoms with E-state index in [1.54, 1.807) is 24.9 Å². The van der Waals surface area contributed by atoms with Crippen molar-refractivity contribution in [2.75, 3.05) is 25.4 Å². The first-order valence-corrected chi connectivity index (χ1v) is 9.25. The van der Waals surface area contributed by atoms with E-state index in [2.05, 4.69) is 4.98 Å². The zero-order valence-electron chi connectivity index (χ0n) is 13.6. The summed E-state index contributed by atoms with van der Waals surface area (Å²) >= 11 is 1.56. The van der Waals surface area contributed by atoms with Gasteiger partial charge < -0.3 is 9.64 Å². The predicted molar refractivity (Wildman–Crippen MR) is 91.0 cm³/mol. The van der Waals surface area contributed by atoms with Crippen LogP contribution in [0.2, 0.25) is 0 Å². The molecule has 1 heterocycles. The number of hydrogen-bond acceptors (Lipinski definition) is 5. The number of hydrogen-bond donors (Lipinski definition) is 0. The van der Waals surface area contributed by atoms with Gasteiger partial charge in [0.15, 0.2) is 0 Å². The van der Waals surface area contributed by atoms with Crippen LogP contribution >= 0.6 is 11.8 Å². The van der Waals surface area contributed by atoms with Gasteiger partial charge in [-0.2, -0.15) is 0 Å². The second-order valence-electron chi connectivity index (χ2n) is 5.65. The Morgan fingerprint density at radius 3 is 2.87 bits per heavy atom. The Hall–Kier alpha value is -1.56. The molecule has 2 rings (SSSR count). The van der Waals surface area contributed by atoms with Crippen LogP contribution in [-0.4, -0.2) is 47.2 Å². The van der Waals surface area contributed by atoms with Crippen LogP contribution < -0.4 is 0 Å². The minimum absolute atomic E-state index is 0.0992. The molecule has 0 N–H and O–H groups in total. The highest BCUT2D eigenvalue weighted by atomic mass is 32.2. The highest BCUT2D eigenvalue weighted by molar-refractivity contribution is 7.99. The molecule has 0 atom stereocenters. The zero-order valence-corrected chi connectivity index (χ0v) is 14.4. The number of amides is 1. The maximum Gasteiger partial charge on any atom is 0.307 e. The molecule has 0 spiro atoms. The maximum absolute atomic E-state index is 12.4. The molecular weight excluding hydrogens is 312 g/mol. The molecule has 126 valence electrons. The van der Waals surface area contributed by atoms with Gasteiger partial charge in [-0.3, -0.25) is 14.6 Å². The van der Waals surface area contributed by atoms with Crippen molar-refractivity contribution < 1.29 is 14.3 Å². The Balaban J connectivity index is 1.75. The van der Waals surface area contributed by atoms with Crippen LogP contribution in [0.3, 0.4) is 0 Å². The quantitative estimate of drug-likeness (QED) is 0.615. The second-order valence-corrected chi connectivity index (χ2v) is 6.64. The number of carbonyl (C=O) groups excluding carboxylic acids is 2. The normalized spacial score (nSPS) is 13.6. The number of esters is 1. The van der Waals surface area contributed by atoms with Gasteiger partial charge in [-0.1, -0.05) is 6.07 Å². The topological polar surface area (TPSA) is 59.5 Å². The summed E-state index contributed by atoms with van der Waals surface area (Å²) in [6, 6.07) is 5.79. The molecule has 23 heavy (non-hydrogen) atoms. The summed E-state index contributed by atoms with van der Waals surface area (Å²) in [5, 5.41) is 0. The van der Waals surface area contributed by atoms with Gasteiger partial charge >= 0.3 is 5.97 Å². The molecule has 0 bridgehead atoms. The highest BCUT2D eigenvalue weighted by Crippen LogP contribution is 2.30. The number of ether oxygens (including phenoxy) is 1. The molecule has 0 unspecified atom stereocenters. The van der Waals surface area contributed by atoms with Crippen LogP contribution in [0.25, 0.3) is 0 Å². The maximum atomic E-state index is 12.4. The number of rotatable bonds is 10. The summed E-state index contributed by atoms with van der Waals surface area (Å²) in [4.78, 5) is 30.0. The Morgan fingerprint density at radius 2 is 2.22 bits per heavy atom. The fraction of sp³-hybridized carbons (Fsp3) is 0.588. The third-order valence-corrected chi connectivity index (χ3v) is 4.57. The molecule has 0 saturated heterocycles. The van der Waals surface area contributed by atoms with Crippen LogP contribution in [0.15, 0.2) is 24.4 Å². The number of nitrogens with zero attached hydrogens (tertiary/aromatic N) is 2. The van der Waals surface area contributed by atoms with E-state index in [1.165, 1.54) is 12.8 Å². The summed E-state index contributed by atoms with van der Waals surface area (Å²) in [6.45, 7) is 3.40. The van der Waals surface area contributed by atoms with Crippen molar-refractivity contribution in [2.45, 2.75) is 31.9 Å². The molecular formula is C17H24N2O3S. The molecule has 0 radical (unpaired) electrons. The van der Waals surface area contributed by atoms with Crippen LogP contribution in [0.5, 0.6) is 0 Å². The van der Waals surface area contributed by atoms with Gasteiger partial charge in [-0.05, 0) is 37.8 Å². The average Bonchev–Trinajstić information content (AvgIpc) is 3.36. The van der Waals surface area contributed by atoms with Gasteiger partial charge in [0.05, 0.1) is 24.5 Å². The molecule has 5 nitrogen and oxygen atoms in total. The van der Waals surface area contributed by atoms with Crippen LogP contribution in [0.4, 0.5) is 0 Å². The Bertz CT molecular complexity index is 506. The van der Waals surface area contributed by atoms with Crippen molar-refractivity contribution in [1.29, 1.82) is 0 Å². The van der Waals surface area contributed by atoms with Gasteiger partial charge in [-0.15, -0.1) is 11.8 Å². The molecule has 1 saturated carbocycles. The van der Waals surface area contributed by atoms with E-state index >= 15 is 0 Å². The zero-order chi connectivity index (χ0) is 16.5. The lowest BCUT2D eigenvalue weighted by Gasteiger charge is -2.22. The van der Waals surface area contributed by atoms with Crippen molar-refractivity contribution in [1.82, 2.24) is 9.88 Å². The number of thioether (sulfide) groups is 1. The second kappa shape index (κ2) is 9.55. The Labute approximate surface area is 141 Å². The molecule has 1 aromatic rings. The first-order valence-electron chi connectivity index (χ1n) is 8.10. The summed E-state index contributed by atoms with van der Waals surface area (Å²) in [7, 11) is 0. The third-order valence-electron chi connectivity index (χ3n) is 3.62. The minimum atomic E-state index is -0.234. The fourth-order valence-electron chi connectivity index (χ4n) is 2.21. The minimum Gasteiger partial charge on any atom is -0.466 e. The van der Waals surface area contributed by atoms with E-state index in [1.807, 2.05) is 23.1 Å². The molecule has 1 aliphatic rings. The smallest absolute Gasteiger partial charge is 0.307 e. The molecule has 0 aliphatic heterocycles. The van der Waals surface area contributed by atoms with Crippen molar-refractivity contribution >= 4 is 23.6 Å². The van der Waals surface area contributed by atoms with E-state index in [4.69, 9.17) is 4.74 Å². The molecule has 1 aromatic heterocycles. The van der Waals surface area contributed by atoms with Crippen molar-refractivity contribution in [2.24, 2.45) is 5.92 Å². The van der Waals surface area contributed by atoms with Gasteiger partial charge in [0.25, 0.3) is 0 Å². The molecule has 1 aliphatic carbocycles. The molecule has 0 aromatic carbocycles. The summed E-state index contributed by atoms with van der Waals surface area (Å²) < 4.78 is 4.94. The van der Waals surface area contributed by atoms with Gasteiger partial charge in [0.1, 0.15) is 0 Å². The van der Waals surface area contributed by atoms with Crippen molar-refractivity contribution in [3.63, 3.8) is 0 Å². The Morgan fingerprint density at radius 1 is 1.39 bits per heavy atom. The Kier molecular flexibility index (Phi) is 7.39. The van der Waals surface area contributed by atoms with Gasteiger partial charge in [-0.25, -0.2) is 0 Å². The highest BCUT2D eigenvalue weighted by Gasteiger charge is 2.27. The SMILES string of the molecule is CCOC(=O)CCN(CC1CC1)C(=O)CSCc1ccccn1. The van der Waals surface area contributed by atoms with E-state index in [-0.39, 0.29) is 18.3 Å². The lowest BCUT2D eigenvalue weighted by Crippen LogP contribution is -2.36. The first-order chi connectivity index (χ1) is 11.2. The number of aromatic nitrogens is 1. The number of carbonyl (C=O) groups is 2. The average molecular weight is 336 g/mol. The summed E-state index contributed by atoms with van der Waals surface area (Å²) in [6.07, 6.45) is 4.40.